The predicted octanol–water partition coefficient (Wildman–Crippen LogP) is 3.30. The molecule has 2 aromatic carbocycles. The van der Waals surface area contributed by atoms with Gasteiger partial charge in [0, 0.05) is 36.9 Å². The van der Waals surface area contributed by atoms with Gasteiger partial charge in [-0.1, -0.05) is 48.0 Å². The second-order valence-corrected chi connectivity index (χ2v) is 8.46. The van der Waals surface area contributed by atoms with Crippen LogP contribution in [0.2, 0.25) is 5.02 Å². The fourth-order valence-corrected chi connectivity index (χ4v) is 4.69. The molecular formula is C18H21ClN2O2S. The first kappa shape index (κ1) is 17.3. The van der Waals surface area contributed by atoms with Crippen LogP contribution in [0.3, 0.4) is 0 Å². The van der Waals surface area contributed by atoms with Gasteiger partial charge in [-0.15, -0.1) is 0 Å². The van der Waals surface area contributed by atoms with Crippen LogP contribution < -0.4 is 4.90 Å². The molecule has 1 heterocycles. The second kappa shape index (κ2) is 7.13. The van der Waals surface area contributed by atoms with Gasteiger partial charge in [0.25, 0.3) is 0 Å². The Morgan fingerprint density at radius 2 is 1.67 bits per heavy atom. The van der Waals surface area contributed by atoms with Crippen LogP contribution >= 0.6 is 11.6 Å². The number of aryl methyl sites for hydroxylation is 1. The van der Waals surface area contributed by atoms with Gasteiger partial charge < -0.3 is 4.90 Å². The van der Waals surface area contributed by atoms with Gasteiger partial charge in [-0.25, -0.2) is 8.42 Å². The third kappa shape index (κ3) is 3.91. The highest BCUT2D eigenvalue weighted by Crippen LogP contribution is 2.26. The SMILES string of the molecule is Cc1ccc(Cl)cc1N1CCN(S(=O)(=O)Cc2ccccc2)CC1. The lowest BCUT2D eigenvalue weighted by Gasteiger charge is -2.36. The first-order valence-electron chi connectivity index (χ1n) is 7.98. The van der Waals surface area contributed by atoms with Crippen molar-refractivity contribution in [1.82, 2.24) is 4.31 Å². The van der Waals surface area contributed by atoms with E-state index in [-0.39, 0.29) is 5.75 Å². The van der Waals surface area contributed by atoms with E-state index in [0.717, 1.165) is 16.8 Å². The standard InChI is InChI=1S/C18H21ClN2O2S/c1-15-7-8-17(19)13-18(15)20-9-11-21(12-10-20)24(22,23)14-16-5-3-2-4-6-16/h2-8,13H,9-12,14H2,1H3. The topological polar surface area (TPSA) is 40.6 Å². The molecule has 0 spiro atoms. The number of piperazine rings is 1. The number of nitrogens with zero attached hydrogens (tertiary/aromatic N) is 2. The largest absolute Gasteiger partial charge is 0.369 e. The molecule has 0 amide bonds. The normalized spacial score (nSPS) is 16.3. The number of hydrogen-bond acceptors (Lipinski definition) is 3. The summed E-state index contributed by atoms with van der Waals surface area (Å²) >= 11 is 6.09. The van der Waals surface area contributed by atoms with Gasteiger partial charge in [0.1, 0.15) is 0 Å². The summed E-state index contributed by atoms with van der Waals surface area (Å²) in [6, 6.07) is 15.1. The van der Waals surface area contributed by atoms with Gasteiger partial charge in [-0.2, -0.15) is 4.31 Å². The molecule has 0 radical (unpaired) electrons. The zero-order valence-electron chi connectivity index (χ0n) is 13.7. The number of sulfonamides is 1. The monoisotopic (exact) mass is 364 g/mol. The summed E-state index contributed by atoms with van der Waals surface area (Å²) in [5, 5.41) is 0.703. The van der Waals surface area contributed by atoms with Crippen molar-refractivity contribution in [3.8, 4) is 0 Å². The van der Waals surface area contributed by atoms with E-state index in [4.69, 9.17) is 11.6 Å². The lowest BCUT2D eigenvalue weighted by molar-refractivity contribution is 0.384. The summed E-state index contributed by atoms with van der Waals surface area (Å²) in [6.45, 7) is 4.40. The van der Waals surface area contributed by atoms with E-state index in [1.165, 1.54) is 0 Å². The minimum atomic E-state index is -3.28. The average molecular weight is 365 g/mol. The van der Waals surface area contributed by atoms with Crippen LogP contribution in [0.4, 0.5) is 5.69 Å². The van der Waals surface area contributed by atoms with Gasteiger partial charge in [0.15, 0.2) is 0 Å². The molecule has 2 aromatic rings. The molecule has 1 aliphatic rings. The lowest BCUT2D eigenvalue weighted by atomic mass is 10.1. The van der Waals surface area contributed by atoms with Crippen molar-refractivity contribution >= 4 is 27.3 Å². The number of rotatable bonds is 4. The number of hydrogen-bond donors (Lipinski definition) is 0. The minimum absolute atomic E-state index is 0.0596. The zero-order chi connectivity index (χ0) is 17.2. The average Bonchev–Trinajstić information content (AvgIpc) is 2.58. The summed E-state index contributed by atoms with van der Waals surface area (Å²) in [4.78, 5) is 2.20. The van der Waals surface area contributed by atoms with Crippen molar-refractivity contribution < 1.29 is 8.42 Å². The summed E-state index contributed by atoms with van der Waals surface area (Å²) in [6.07, 6.45) is 0. The van der Waals surface area contributed by atoms with Crippen LogP contribution in [-0.4, -0.2) is 38.9 Å². The van der Waals surface area contributed by atoms with E-state index in [0.29, 0.717) is 31.2 Å². The molecule has 4 nitrogen and oxygen atoms in total. The first-order chi connectivity index (χ1) is 11.5. The Morgan fingerprint density at radius 1 is 1.00 bits per heavy atom. The van der Waals surface area contributed by atoms with E-state index in [2.05, 4.69) is 4.90 Å². The molecule has 0 aromatic heterocycles. The zero-order valence-corrected chi connectivity index (χ0v) is 15.2. The van der Waals surface area contributed by atoms with Gasteiger partial charge in [-0.05, 0) is 30.2 Å². The van der Waals surface area contributed by atoms with Crippen molar-refractivity contribution in [2.75, 3.05) is 31.1 Å². The lowest BCUT2D eigenvalue weighted by Crippen LogP contribution is -2.49. The van der Waals surface area contributed by atoms with Crippen molar-refractivity contribution in [1.29, 1.82) is 0 Å². The maximum Gasteiger partial charge on any atom is 0.218 e. The molecule has 0 aliphatic carbocycles. The summed E-state index contributed by atoms with van der Waals surface area (Å²) in [5.74, 6) is 0.0596. The van der Waals surface area contributed by atoms with Gasteiger partial charge in [-0.3, -0.25) is 0 Å². The molecule has 0 saturated carbocycles. The Bertz CT molecular complexity index is 801. The van der Waals surface area contributed by atoms with E-state index in [1.54, 1.807) is 4.31 Å². The summed E-state index contributed by atoms with van der Waals surface area (Å²) in [7, 11) is -3.28. The quantitative estimate of drug-likeness (QED) is 0.835. The molecule has 1 aliphatic heterocycles. The predicted molar refractivity (Wildman–Crippen MR) is 99.0 cm³/mol. The van der Waals surface area contributed by atoms with Crippen molar-refractivity contribution in [2.45, 2.75) is 12.7 Å². The van der Waals surface area contributed by atoms with E-state index in [9.17, 15) is 8.42 Å². The first-order valence-corrected chi connectivity index (χ1v) is 9.97. The Balaban J connectivity index is 1.67. The molecule has 1 fully saturated rings. The molecule has 0 N–H and O–H groups in total. The van der Waals surface area contributed by atoms with Crippen LogP contribution in [0.5, 0.6) is 0 Å². The second-order valence-electron chi connectivity index (χ2n) is 6.06. The third-order valence-electron chi connectivity index (χ3n) is 4.34. The highest BCUT2D eigenvalue weighted by Gasteiger charge is 2.27. The molecule has 0 atom stereocenters. The Labute approximate surface area is 148 Å². The van der Waals surface area contributed by atoms with Crippen LogP contribution in [0.1, 0.15) is 11.1 Å². The molecule has 128 valence electrons. The fraction of sp³-hybridized carbons (Fsp3) is 0.333. The van der Waals surface area contributed by atoms with Crippen LogP contribution in [0, 0.1) is 6.92 Å². The number of halogens is 1. The maximum atomic E-state index is 12.6. The van der Waals surface area contributed by atoms with E-state index >= 15 is 0 Å². The van der Waals surface area contributed by atoms with Crippen molar-refractivity contribution in [3.63, 3.8) is 0 Å². The Hall–Kier alpha value is -1.56. The number of anilines is 1. The highest BCUT2D eigenvalue weighted by atomic mass is 35.5. The van der Waals surface area contributed by atoms with Crippen molar-refractivity contribution in [3.05, 3.63) is 64.7 Å². The maximum absolute atomic E-state index is 12.6. The highest BCUT2D eigenvalue weighted by molar-refractivity contribution is 7.88. The van der Waals surface area contributed by atoms with E-state index in [1.807, 2.05) is 55.5 Å². The molecule has 6 heteroatoms. The van der Waals surface area contributed by atoms with Gasteiger partial charge >= 0.3 is 0 Å². The fourth-order valence-electron chi connectivity index (χ4n) is 3.01. The summed E-state index contributed by atoms with van der Waals surface area (Å²) in [5.41, 5.74) is 3.06. The molecule has 1 saturated heterocycles. The molecule has 24 heavy (non-hydrogen) atoms. The summed E-state index contributed by atoms with van der Waals surface area (Å²) < 4.78 is 26.8. The Morgan fingerprint density at radius 3 is 2.33 bits per heavy atom. The molecule has 3 rings (SSSR count). The molecule has 0 bridgehead atoms. The van der Waals surface area contributed by atoms with Crippen LogP contribution in [0.25, 0.3) is 0 Å². The smallest absolute Gasteiger partial charge is 0.218 e. The van der Waals surface area contributed by atoms with Crippen LogP contribution in [-0.2, 0) is 15.8 Å². The molecular weight excluding hydrogens is 344 g/mol. The van der Waals surface area contributed by atoms with E-state index < -0.39 is 10.0 Å². The molecule has 0 unspecified atom stereocenters. The van der Waals surface area contributed by atoms with Gasteiger partial charge in [0.05, 0.1) is 5.75 Å². The van der Waals surface area contributed by atoms with Gasteiger partial charge in [0.2, 0.25) is 10.0 Å². The number of benzene rings is 2. The third-order valence-corrected chi connectivity index (χ3v) is 6.42. The Kier molecular flexibility index (Phi) is 5.13. The van der Waals surface area contributed by atoms with Crippen LogP contribution in [0.15, 0.2) is 48.5 Å². The minimum Gasteiger partial charge on any atom is -0.369 e. The van der Waals surface area contributed by atoms with Crippen molar-refractivity contribution in [2.24, 2.45) is 0 Å².